The molecule has 3 aliphatic heterocycles. The summed E-state index contributed by atoms with van der Waals surface area (Å²) in [5.41, 5.74) is 2.02. The molecule has 0 aromatic carbocycles. The van der Waals surface area contributed by atoms with Gasteiger partial charge in [0.2, 0.25) is 0 Å². The Hall–Kier alpha value is -3.16. The minimum Gasteiger partial charge on any atom is -0.377 e. The lowest BCUT2D eigenvalue weighted by Gasteiger charge is -2.38. The molecule has 160 valence electrons. The van der Waals surface area contributed by atoms with Gasteiger partial charge in [0.25, 0.3) is 0 Å². The molecule has 3 aromatic heterocycles. The van der Waals surface area contributed by atoms with E-state index in [1.54, 1.807) is 17.2 Å². The predicted octanol–water partition coefficient (Wildman–Crippen LogP) is 1.61. The third-order valence-corrected chi connectivity index (χ3v) is 6.60. The normalized spacial score (nSPS) is 25.9. The monoisotopic (exact) mass is 420 g/mol. The zero-order valence-electron chi connectivity index (χ0n) is 17.4. The van der Waals surface area contributed by atoms with Crippen molar-refractivity contribution in [2.24, 2.45) is 0 Å². The molecule has 0 saturated carbocycles. The molecule has 3 aliphatic rings. The molecule has 31 heavy (non-hydrogen) atoms. The summed E-state index contributed by atoms with van der Waals surface area (Å²) in [6.07, 6.45) is 5.51. The second kappa shape index (κ2) is 7.21. The van der Waals surface area contributed by atoms with E-state index in [0.717, 1.165) is 49.5 Å². The third kappa shape index (κ3) is 2.88. The van der Waals surface area contributed by atoms with E-state index in [-0.39, 0.29) is 6.04 Å². The van der Waals surface area contributed by atoms with Crippen molar-refractivity contribution in [2.75, 3.05) is 42.8 Å². The van der Waals surface area contributed by atoms with E-state index in [2.05, 4.69) is 43.9 Å². The van der Waals surface area contributed by atoms with Gasteiger partial charge in [-0.2, -0.15) is 15.0 Å². The summed E-state index contributed by atoms with van der Waals surface area (Å²) in [4.78, 5) is 17.0. The van der Waals surface area contributed by atoms with Gasteiger partial charge in [0.15, 0.2) is 17.2 Å². The summed E-state index contributed by atoms with van der Waals surface area (Å²) in [5.74, 6) is 1.60. The molecule has 3 saturated heterocycles. The van der Waals surface area contributed by atoms with Crippen molar-refractivity contribution >= 4 is 22.5 Å². The van der Waals surface area contributed by atoms with Crippen LogP contribution in [0.4, 0.5) is 11.5 Å². The fourth-order valence-corrected chi connectivity index (χ4v) is 5.14. The predicted molar refractivity (Wildman–Crippen MR) is 113 cm³/mol. The fraction of sp³-hybridized carbons (Fsp3) is 0.524. The molecule has 2 unspecified atom stereocenters. The van der Waals surface area contributed by atoms with Gasteiger partial charge in [-0.05, 0) is 19.8 Å². The van der Waals surface area contributed by atoms with E-state index in [0.29, 0.717) is 42.5 Å². The number of nitriles is 1. The smallest absolute Gasteiger partial charge is 0.174 e. The molecule has 0 spiro atoms. The quantitative estimate of drug-likeness (QED) is 0.681. The van der Waals surface area contributed by atoms with Crippen LogP contribution in [-0.2, 0) is 9.47 Å². The first-order valence-electron chi connectivity index (χ1n) is 10.8. The highest BCUT2D eigenvalue weighted by molar-refractivity contribution is 5.96. The van der Waals surface area contributed by atoms with E-state index < -0.39 is 0 Å². The molecule has 0 amide bonds. The Morgan fingerprint density at radius 1 is 1.19 bits per heavy atom. The average molecular weight is 420 g/mol. The molecular weight excluding hydrogens is 396 g/mol. The summed E-state index contributed by atoms with van der Waals surface area (Å²) in [6, 6.07) is 5.27. The van der Waals surface area contributed by atoms with Crippen LogP contribution in [0.15, 0.2) is 18.6 Å². The number of aromatic amines is 1. The second-order valence-corrected chi connectivity index (χ2v) is 8.45. The number of imidazole rings is 1. The number of rotatable bonds is 3. The number of fused-ring (bicyclic) bond motifs is 3. The van der Waals surface area contributed by atoms with Gasteiger partial charge in [-0.25, -0.2) is 9.97 Å². The molecule has 3 atom stereocenters. The molecule has 6 heterocycles. The highest BCUT2D eigenvalue weighted by Crippen LogP contribution is 2.39. The van der Waals surface area contributed by atoms with Crippen LogP contribution in [0.3, 0.4) is 0 Å². The van der Waals surface area contributed by atoms with E-state index in [1.807, 2.05) is 0 Å². The van der Waals surface area contributed by atoms with Crippen LogP contribution in [0, 0.1) is 11.3 Å². The summed E-state index contributed by atoms with van der Waals surface area (Å²) < 4.78 is 13.2. The van der Waals surface area contributed by atoms with E-state index >= 15 is 0 Å². The van der Waals surface area contributed by atoms with Gasteiger partial charge in [0.05, 0.1) is 62.1 Å². The Morgan fingerprint density at radius 3 is 2.74 bits per heavy atom. The van der Waals surface area contributed by atoms with Gasteiger partial charge >= 0.3 is 0 Å². The molecule has 0 aliphatic carbocycles. The largest absolute Gasteiger partial charge is 0.377 e. The van der Waals surface area contributed by atoms with Gasteiger partial charge in [-0.1, -0.05) is 0 Å². The van der Waals surface area contributed by atoms with Gasteiger partial charge in [-0.15, -0.1) is 0 Å². The van der Waals surface area contributed by atoms with Gasteiger partial charge in [0.1, 0.15) is 11.9 Å². The Labute approximate surface area is 179 Å². The molecule has 2 bridgehead atoms. The third-order valence-electron chi connectivity index (χ3n) is 6.60. The van der Waals surface area contributed by atoms with Crippen LogP contribution >= 0.6 is 0 Å². The Kier molecular flexibility index (Phi) is 4.33. The van der Waals surface area contributed by atoms with Crippen molar-refractivity contribution < 1.29 is 9.47 Å². The van der Waals surface area contributed by atoms with E-state index in [1.165, 1.54) is 0 Å². The number of H-pyrrole nitrogens is 1. The first-order chi connectivity index (χ1) is 15.2. The van der Waals surface area contributed by atoms with Crippen LogP contribution in [0.25, 0.3) is 16.9 Å². The number of morpholine rings is 2. The van der Waals surface area contributed by atoms with Crippen molar-refractivity contribution in [1.82, 2.24) is 24.7 Å². The van der Waals surface area contributed by atoms with Crippen LogP contribution in [0.2, 0.25) is 0 Å². The van der Waals surface area contributed by atoms with Crippen molar-refractivity contribution in [1.29, 1.82) is 5.26 Å². The number of aromatic nitrogens is 5. The molecule has 0 radical (unpaired) electrons. The lowest BCUT2D eigenvalue weighted by Crippen LogP contribution is -2.47. The number of nitrogens with one attached hydrogen (secondary N) is 1. The molecule has 3 aromatic rings. The molecular formula is C21H24N8O2. The minimum absolute atomic E-state index is 0.190. The van der Waals surface area contributed by atoms with Crippen LogP contribution in [0.5, 0.6) is 0 Å². The van der Waals surface area contributed by atoms with Crippen molar-refractivity contribution in [3.8, 4) is 11.9 Å². The van der Waals surface area contributed by atoms with Crippen molar-refractivity contribution in [2.45, 2.75) is 37.9 Å². The Morgan fingerprint density at radius 2 is 2.03 bits per heavy atom. The summed E-state index contributed by atoms with van der Waals surface area (Å²) >= 11 is 0. The lowest BCUT2D eigenvalue weighted by atomic mass is 10.1. The average Bonchev–Trinajstić information content (AvgIpc) is 3.50. The maximum atomic E-state index is 9.90. The van der Waals surface area contributed by atoms with E-state index in [9.17, 15) is 5.26 Å². The Bertz CT molecular complexity index is 1130. The number of hydrogen-bond acceptors (Lipinski definition) is 8. The second-order valence-electron chi connectivity index (χ2n) is 8.45. The van der Waals surface area contributed by atoms with Crippen molar-refractivity contribution in [3.63, 3.8) is 0 Å². The molecule has 10 heteroatoms. The summed E-state index contributed by atoms with van der Waals surface area (Å²) in [6.45, 7) is 5.66. The summed E-state index contributed by atoms with van der Waals surface area (Å²) in [7, 11) is 0. The fourth-order valence-electron chi connectivity index (χ4n) is 5.14. The zero-order valence-corrected chi connectivity index (χ0v) is 17.4. The number of anilines is 2. The van der Waals surface area contributed by atoms with Crippen LogP contribution < -0.4 is 9.80 Å². The summed E-state index contributed by atoms with van der Waals surface area (Å²) in [5, 5.41) is 15.3. The number of nitrogens with zero attached hydrogens (tertiary/aromatic N) is 7. The Balaban J connectivity index is 1.60. The van der Waals surface area contributed by atoms with E-state index in [4.69, 9.17) is 14.5 Å². The maximum absolute atomic E-state index is 9.90. The maximum Gasteiger partial charge on any atom is 0.174 e. The molecule has 6 rings (SSSR count). The number of hydrogen-bond donors (Lipinski definition) is 1. The molecule has 1 N–H and O–H groups in total. The van der Waals surface area contributed by atoms with Gasteiger partial charge < -0.3 is 24.3 Å². The molecule has 3 fully saturated rings. The van der Waals surface area contributed by atoms with Crippen LogP contribution in [-0.4, -0.2) is 75.8 Å². The number of ether oxygens (including phenoxy) is 2. The highest BCUT2D eigenvalue weighted by atomic mass is 16.5. The van der Waals surface area contributed by atoms with Crippen molar-refractivity contribution in [3.05, 3.63) is 24.3 Å². The number of pyridine rings is 1. The minimum atomic E-state index is 0.190. The topological polar surface area (TPSA) is 108 Å². The SMILES string of the molecule is C[C@@H]1COCCN1c1cc(N2C3CCC2COC3)nc2c1c(C#N)nn2-c1cnc[nH]1. The lowest BCUT2D eigenvalue weighted by molar-refractivity contribution is 0.0902. The zero-order chi connectivity index (χ0) is 20.9. The van der Waals surface area contributed by atoms with Gasteiger partial charge in [0, 0.05) is 18.7 Å². The first-order valence-corrected chi connectivity index (χ1v) is 10.8. The first kappa shape index (κ1) is 18.6. The standard InChI is InChI=1S/C21H24N8O2/c1-13-9-30-5-4-27(13)17-6-18(28-14-2-3-15(28)11-31-10-14)25-21-20(17)16(7-22)26-29(21)19-8-23-12-24-19/h6,8,12-15H,2-5,9-11H2,1H3,(H,23,24)/t13-,14?,15?/m1/s1. The molecule has 10 nitrogen and oxygen atoms in total. The highest BCUT2D eigenvalue weighted by Gasteiger charge is 2.39. The van der Waals surface area contributed by atoms with Gasteiger partial charge in [-0.3, -0.25) is 0 Å². The van der Waals surface area contributed by atoms with Crippen LogP contribution in [0.1, 0.15) is 25.5 Å².